The number of carbonyl (C=O) groups excluding carboxylic acids is 2. The maximum atomic E-state index is 12.2. The highest BCUT2D eigenvalue weighted by Gasteiger charge is 2.17. The zero-order chi connectivity index (χ0) is 16.9. The lowest BCUT2D eigenvalue weighted by Crippen LogP contribution is -2.42. The number of hydrogen-bond acceptors (Lipinski definition) is 4. The number of rotatable bonds is 3. The molecule has 0 unspecified atom stereocenters. The van der Waals surface area contributed by atoms with E-state index in [2.05, 4.69) is 21.0 Å². The fourth-order valence-electron chi connectivity index (χ4n) is 2.10. The average Bonchev–Trinajstić information content (AvgIpc) is 3.03. The summed E-state index contributed by atoms with van der Waals surface area (Å²) in [6.07, 6.45) is 0. The predicted octanol–water partition coefficient (Wildman–Crippen LogP) is 1.65. The van der Waals surface area contributed by atoms with Gasteiger partial charge in [-0.2, -0.15) is 9.90 Å². The van der Waals surface area contributed by atoms with Gasteiger partial charge in [-0.1, -0.05) is 36.4 Å². The monoisotopic (exact) mass is 321 g/mol. The van der Waals surface area contributed by atoms with Crippen molar-refractivity contribution in [2.45, 2.75) is 6.92 Å². The van der Waals surface area contributed by atoms with E-state index in [-0.39, 0.29) is 5.69 Å². The number of benzene rings is 2. The maximum absolute atomic E-state index is 12.2. The van der Waals surface area contributed by atoms with Crippen molar-refractivity contribution >= 4 is 11.8 Å². The molecule has 3 rings (SSSR count). The molecule has 0 bridgehead atoms. The van der Waals surface area contributed by atoms with Crippen molar-refractivity contribution in [3.8, 4) is 5.69 Å². The minimum atomic E-state index is -0.529. The van der Waals surface area contributed by atoms with Gasteiger partial charge in [0.25, 0.3) is 11.8 Å². The first kappa shape index (κ1) is 15.4. The molecule has 120 valence electrons. The van der Waals surface area contributed by atoms with Crippen molar-refractivity contribution in [2.24, 2.45) is 0 Å². The third-order valence-corrected chi connectivity index (χ3v) is 3.31. The van der Waals surface area contributed by atoms with Crippen LogP contribution in [0.4, 0.5) is 0 Å². The molecule has 7 heteroatoms. The van der Waals surface area contributed by atoms with E-state index in [0.29, 0.717) is 11.3 Å². The quantitative estimate of drug-likeness (QED) is 0.718. The number of hydrogen-bond donors (Lipinski definition) is 2. The Kier molecular flexibility index (Phi) is 4.33. The summed E-state index contributed by atoms with van der Waals surface area (Å²) >= 11 is 0. The second-order valence-electron chi connectivity index (χ2n) is 5.03. The molecule has 24 heavy (non-hydrogen) atoms. The van der Waals surface area contributed by atoms with Crippen LogP contribution in [0, 0.1) is 6.92 Å². The van der Waals surface area contributed by atoms with Gasteiger partial charge < -0.3 is 0 Å². The van der Waals surface area contributed by atoms with Gasteiger partial charge in [-0.25, -0.2) is 0 Å². The molecule has 2 N–H and O–H groups in total. The lowest BCUT2D eigenvalue weighted by molar-refractivity contribution is 0.0843. The van der Waals surface area contributed by atoms with Gasteiger partial charge >= 0.3 is 0 Å². The number of nitrogens with zero attached hydrogens (tertiary/aromatic N) is 3. The summed E-state index contributed by atoms with van der Waals surface area (Å²) in [5.41, 5.74) is 6.51. The van der Waals surface area contributed by atoms with E-state index in [0.717, 1.165) is 5.69 Å². The van der Waals surface area contributed by atoms with Crippen LogP contribution in [-0.4, -0.2) is 26.8 Å². The Balaban J connectivity index is 1.70. The summed E-state index contributed by atoms with van der Waals surface area (Å²) in [4.78, 5) is 25.5. The highest BCUT2D eigenvalue weighted by Crippen LogP contribution is 2.07. The molecule has 0 saturated heterocycles. The topological polar surface area (TPSA) is 88.9 Å². The largest absolute Gasteiger partial charge is 0.292 e. The van der Waals surface area contributed by atoms with Crippen molar-refractivity contribution in [2.75, 3.05) is 0 Å². The molecule has 2 amide bonds. The van der Waals surface area contributed by atoms with Crippen LogP contribution in [-0.2, 0) is 0 Å². The lowest BCUT2D eigenvalue weighted by Gasteiger charge is -2.05. The number of nitrogens with one attached hydrogen (secondary N) is 2. The van der Waals surface area contributed by atoms with E-state index in [1.54, 1.807) is 37.3 Å². The van der Waals surface area contributed by atoms with Crippen LogP contribution in [0.15, 0.2) is 60.7 Å². The van der Waals surface area contributed by atoms with Crippen LogP contribution in [0.5, 0.6) is 0 Å². The van der Waals surface area contributed by atoms with E-state index in [9.17, 15) is 9.59 Å². The van der Waals surface area contributed by atoms with Crippen molar-refractivity contribution in [3.63, 3.8) is 0 Å². The van der Waals surface area contributed by atoms with Crippen molar-refractivity contribution in [1.29, 1.82) is 0 Å². The van der Waals surface area contributed by atoms with Gasteiger partial charge in [0.15, 0.2) is 5.69 Å². The van der Waals surface area contributed by atoms with Crippen molar-refractivity contribution in [1.82, 2.24) is 25.8 Å². The first-order valence-corrected chi connectivity index (χ1v) is 7.30. The van der Waals surface area contributed by atoms with Gasteiger partial charge in [0, 0.05) is 5.56 Å². The van der Waals surface area contributed by atoms with E-state index in [1.165, 1.54) is 4.80 Å². The van der Waals surface area contributed by atoms with Gasteiger partial charge in [-0.15, -0.1) is 5.10 Å². The number of carbonyl (C=O) groups is 2. The van der Waals surface area contributed by atoms with Gasteiger partial charge in [0.1, 0.15) is 0 Å². The highest BCUT2D eigenvalue weighted by atomic mass is 16.2. The van der Waals surface area contributed by atoms with E-state index in [4.69, 9.17) is 0 Å². The normalized spacial score (nSPS) is 10.2. The summed E-state index contributed by atoms with van der Waals surface area (Å²) in [6.45, 7) is 1.68. The van der Waals surface area contributed by atoms with E-state index in [1.807, 2.05) is 30.3 Å². The summed E-state index contributed by atoms with van der Waals surface area (Å²) < 4.78 is 0. The van der Waals surface area contributed by atoms with E-state index < -0.39 is 11.8 Å². The fourth-order valence-corrected chi connectivity index (χ4v) is 2.10. The minimum absolute atomic E-state index is 0.146. The number of hydrazine groups is 1. The smallest absolute Gasteiger partial charge is 0.267 e. The Labute approximate surface area is 138 Å². The third-order valence-electron chi connectivity index (χ3n) is 3.31. The standard InChI is InChI=1S/C17H15N5O2/c1-12-15(21-22(20-12)14-10-6-3-7-11-14)17(24)19-18-16(23)13-8-4-2-5-9-13/h2-11H,1H3,(H,18,23)(H,19,24). The highest BCUT2D eigenvalue weighted by molar-refractivity contribution is 5.98. The molecule has 0 atom stereocenters. The Morgan fingerprint density at radius 1 is 0.833 bits per heavy atom. The number of amides is 2. The molecule has 7 nitrogen and oxygen atoms in total. The van der Waals surface area contributed by atoms with Crippen molar-refractivity contribution in [3.05, 3.63) is 77.6 Å². The molecule has 1 heterocycles. The predicted molar refractivity (Wildman–Crippen MR) is 87.5 cm³/mol. The number of aryl methyl sites for hydroxylation is 1. The molecule has 3 aromatic rings. The number of para-hydroxylation sites is 1. The third kappa shape index (κ3) is 3.30. The molecule has 2 aromatic carbocycles. The summed E-state index contributed by atoms with van der Waals surface area (Å²) in [5, 5.41) is 8.39. The average molecular weight is 321 g/mol. The minimum Gasteiger partial charge on any atom is -0.267 e. The molecule has 0 spiro atoms. The summed E-state index contributed by atoms with van der Waals surface area (Å²) in [5.74, 6) is -0.934. The van der Waals surface area contributed by atoms with E-state index >= 15 is 0 Å². The molecule has 1 aromatic heterocycles. The summed E-state index contributed by atoms with van der Waals surface area (Å²) in [7, 11) is 0. The maximum Gasteiger partial charge on any atom is 0.292 e. The molecule has 0 fully saturated rings. The SMILES string of the molecule is Cc1nn(-c2ccccc2)nc1C(=O)NNC(=O)c1ccccc1. The second-order valence-corrected chi connectivity index (χ2v) is 5.03. The van der Waals surface area contributed by atoms with Crippen LogP contribution in [0.1, 0.15) is 26.5 Å². The van der Waals surface area contributed by atoms with Gasteiger partial charge in [0.2, 0.25) is 0 Å². The molecular formula is C17H15N5O2. The Morgan fingerprint density at radius 3 is 2.08 bits per heavy atom. The molecule has 0 aliphatic carbocycles. The van der Waals surface area contributed by atoms with Crippen LogP contribution < -0.4 is 10.9 Å². The molecule has 0 radical (unpaired) electrons. The molecule has 0 saturated carbocycles. The van der Waals surface area contributed by atoms with Crippen LogP contribution >= 0.6 is 0 Å². The second kappa shape index (κ2) is 6.74. The Hall–Kier alpha value is -3.48. The first-order chi connectivity index (χ1) is 11.6. The molecule has 0 aliphatic rings. The van der Waals surface area contributed by atoms with Crippen LogP contribution in [0.25, 0.3) is 5.69 Å². The lowest BCUT2D eigenvalue weighted by atomic mass is 10.2. The zero-order valence-electron chi connectivity index (χ0n) is 12.9. The molecular weight excluding hydrogens is 306 g/mol. The van der Waals surface area contributed by atoms with Gasteiger partial charge in [-0.05, 0) is 31.2 Å². The zero-order valence-corrected chi connectivity index (χ0v) is 12.9. The van der Waals surface area contributed by atoms with Gasteiger partial charge in [0.05, 0.1) is 11.4 Å². The first-order valence-electron chi connectivity index (χ1n) is 7.30. The van der Waals surface area contributed by atoms with Crippen LogP contribution in [0.2, 0.25) is 0 Å². The van der Waals surface area contributed by atoms with Gasteiger partial charge in [-0.3, -0.25) is 20.4 Å². The van der Waals surface area contributed by atoms with Crippen LogP contribution in [0.3, 0.4) is 0 Å². The Morgan fingerprint density at radius 2 is 1.42 bits per heavy atom. The van der Waals surface area contributed by atoms with Crippen molar-refractivity contribution < 1.29 is 9.59 Å². The Bertz CT molecular complexity index is 859. The number of aromatic nitrogens is 3. The molecule has 0 aliphatic heterocycles. The fraction of sp³-hybridized carbons (Fsp3) is 0.0588. The summed E-state index contributed by atoms with van der Waals surface area (Å²) in [6, 6.07) is 17.8.